The normalized spacial score (nSPS) is 12.3. The first-order chi connectivity index (χ1) is 9.11. The van der Waals surface area contributed by atoms with E-state index >= 15 is 0 Å². The molecule has 0 saturated heterocycles. The lowest BCUT2D eigenvalue weighted by Gasteiger charge is -2.14. The Hall–Kier alpha value is -2.20. The van der Waals surface area contributed by atoms with E-state index < -0.39 is 12.0 Å². The zero-order valence-electron chi connectivity index (χ0n) is 10.8. The van der Waals surface area contributed by atoms with E-state index in [1.165, 1.54) is 0 Å². The van der Waals surface area contributed by atoms with Gasteiger partial charge in [0.15, 0.2) is 0 Å². The smallest absolute Gasteiger partial charge is 0.325 e. The van der Waals surface area contributed by atoms with Crippen molar-refractivity contribution in [2.24, 2.45) is 0 Å². The summed E-state index contributed by atoms with van der Waals surface area (Å²) >= 11 is 0. The Balaban J connectivity index is 2.40. The lowest BCUT2D eigenvalue weighted by atomic mass is 10.0. The van der Waals surface area contributed by atoms with Crippen molar-refractivity contribution in [2.45, 2.75) is 13.0 Å². The van der Waals surface area contributed by atoms with E-state index in [0.717, 1.165) is 16.6 Å². The summed E-state index contributed by atoms with van der Waals surface area (Å²) in [7, 11) is 0. The second kappa shape index (κ2) is 5.63. The molecule has 0 saturated carbocycles. The molecule has 0 spiro atoms. The third kappa shape index (κ3) is 2.98. The van der Waals surface area contributed by atoms with Crippen molar-refractivity contribution >= 4 is 16.9 Å². The van der Waals surface area contributed by atoms with Crippen LogP contribution < -0.4 is 5.32 Å². The summed E-state index contributed by atoms with van der Waals surface area (Å²) in [6.07, 6.45) is 1.64. The van der Waals surface area contributed by atoms with Gasteiger partial charge in [-0.1, -0.05) is 18.2 Å². The fraction of sp³-hybridized carbons (Fsp3) is 0.200. The summed E-state index contributed by atoms with van der Waals surface area (Å²) in [6, 6.07) is 8.64. The Morgan fingerprint density at radius 1 is 1.47 bits per heavy atom. The van der Waals surface area contributed by atoms with Crippen molar-refractivity contribution in [2.75, 3.05) is 6.54 Å². The van der Waals surface area contributed by atoms with Crippen molar-refractivity contribution in [1.82, 2.24) is 10.3 Å². The number of fused-ring (bicyclic) bond motifs is 1. The van der Waals surface area contributed by atoms with Gasteiger partial charge in [-0.05, 0) is 30.7 Å². The van der Waals surface area contributed by atoms with Crippen LogP contribution in [0.15, 0.2) is 43.0 Å². The van der Waals surface area contributed by atoms with Gasteiger partial charge in [-0.3, -0.25) is 15.1 Å². The van der Waals surface area contributed by atoms with E-state index in [1.54, 1.807) is 12.1 Å². The SMILES string of the molecule is C=CCNC(C(=O)O)c1ccc2nc(C)ccc2c1. The number of benzene rings is 1. The van der Waals surface area contributed by atoms with Gasteiger partial charge in [-0.25, -0.2) is 0 Å². The fourth-order valence-corrected chi connectivity index (χ4v) is 1.97. The van der Waals surface area contributed by atoms with E-state index in [0.29, 0.717) is 12.1 Å². The molecule has 2 aromatic rings. The molecule has 0 fully saturated rings. The Morgan fingerprint density at radius 2 is 2.26 bits per heavy atom. The molecule has 0 radical (unpaired) electrons. The largest absolute Gasteiger partial charge is 0.480 e. The van der Waals surface area contributed by atoms with Crippen LogP contribution in [0.3, 0.4) is 0 Å². The highest BCUT2D eigenvalue weighted by molar-refractivity contribution is 5.82. The van der Waals surface area contributed by atoms with Gasteiger partial charge in [0, 0.05) is 17.6 Å². The highest BCUT2D eigenvalue weighted by Crippen LogP contribution is 2.20. The van der Waals surface area contributed by atoms with E-state index in [2.05, 4.69) is 16.9 Å². The maximum absolute atomic E-state index is 11.3. The van der Waals surface area contributed by atoms with Gasteiger partial charge in [0.1, 0.15) is 6.04 Å². The van der Waals surface area contributed by atoms with Crippen LogP contribution in [0, 0.1) is 6.92 Å². The molecule has 4 nitrogen and oxygen atoms in total. The molecule has 2 rings (SSSR count). The summed E-state index contributed by atoms with van der Waals surface area (Å²) in [5, 5.41) is 13.1. The molecule has 0 aliphatic carbocycles. The summed E-state index contributed by atoms with van der Waals surface area (Å²) < 4.78 is 0. The lowest BCUT2D eigenvalue weighted by Crippen LogP contribution is -2.28. The van der Waals surface area contributed by atoms with Crippen LogP contribution in [0.2, 0.25) is 0 Å². The lowest BCUT2D eigenvalue weighted by molar-refractivity contribution is -0.139. The molecular weight excluding hydrogens is 240 g/mol. The molecule has 0 aliphatic heterocycles. The third-order valence-electron chi connectivity index (χ3n) is 2.90. The first-order valence-electron chi connectivity index (χ1n) is 6.06. The molecule has 1 atom stereocenters. The van der Waals surface area contributed by atoms with Crippen LogP contribution in [-0.2, 0) is 4.79 Å². The molecule has 1 unspecified atom stereocenters. The number of carboxylic acids is 1. The van der Waals surface area contributed by atoms with Gasteiger partial charge in [0.05, 0.1) is 5.52 Å². The first kappa shape index (κ1) is 13.2. The Kier molecular flexibility index (Phi) is 3.92. The van der Waals surface area contributed by atoms with Crippen molar-refractivity contribution in [3.8, 4) is 0 Å². The Labute approximate surface area is 111 Å². The Morgan fingerprint density at radius 3 is 2.95 bits per heavy atom. The van der Waals surface area contributed by atoms with Crippen LogP contribution in [0.4, 0.5) is 0 Å². The molecule has 1 aromatic carbocycles. The predicted molar refractivity (Wildman–Crippen MR) is 75.1 cm³/mol. The van der Waals surface area contributed by atoms with E-state index in [9.17, 15) is 9.90 Å². The van der Waals surface area contributed by atoms with Crippen LogP contribution in [0.1, 0.15) is 17.3 Å². The zero-order valence-corrected chi connectivity index (χ0v) is 10.8. The summed E-state index contributed by atoms with van der Waals surface area (Å²) in [6.45, 7) is 5.96. The molecule has 0 aliphatic rings. The van der Waals surface area contributed by atoms with Crippen molar-refractivity contribution in [1.29, 1.82) is 0 Å². The number of nitrogens with one attached hydrogen (secondary N) is 1. The maximum atomic E-state index is 11.3. The van der Waals surface area contributed by atoms with Gasteiger partial charge < -0.3 is 5.11 Å². The molecular formula is C15H16N2O2. The molecule has 98 valence electrons. The minimum atomic E-state index is -0.902. The number of aromatic nitrogens is 1. The number of rotatable bonds is 5. The van der Waals surface area contributed by atoms with Crippen LogP contribution in [-0.4, -0.2) is 22.6 Å². The fourth-order valence-electron chi connectivity index (χ4n) is 1.97. The molecule has 0 amide bonds. The summed E-state index contributed by atoms with van der Waals surface area (Å²) in [4.78, 5) is 15.7. The van der Waals surface area contributed by atoms with Gasteiger partial charge in [-0.15, -0.1) is 6.58 Å². The number of nitrogens with zero attached hydrogens (tertiary/aromatic N) is 1. The summed E-state index contributed by atoms with van der Waals surface area (Å²) in [5.41, 5.74) is 2.53. The molecule has 4 heteroatoms. The van der Waals surface area contributed by atoms with Gasteiger partial charge in [-0.2, -0.15) is 0 Å². The van der Waals surface area contributed by atoms with Crippen LogP contribution in [0.25, 0.3) is 10.9 Å². The predicted octanol–water partition coefficient (Wildman–Crippen LogP) is 2.44. The Bertz CT molecular complexity index is 623. The minimum Gasteiger partial charge on any atom is -0.480 e. The standard InChI is InChI=1S/C15H16N2O2/c1-3-8-16-14(15(18)19)12-6-7-13-11(9-12)5-4-10(2)17-13/h3-7,9,14,16H,1,8H2,2H3,(H,18,19). The van der Waals surface area contributed by atoms with Gasteiger partial charge in [0.25, 0.3) is 0 Å². The van der Waals surface area contributed by atoms with Crippen molar-refractivity contribution < 1.29 is 9.90 Å². The van der Waals surface area contributed by atoms with Crippen LogP contribution >= 0.6 is 0 Å². The number of carboxylic acid groups (broad SMARTS) is 1. The van der Waals surface area contributed by atoms with Crippen molar-refractivity contribution in [3.63, 3.8) is 0 Å². The highest BCUT2D eigenvalue weighted by atomic mass is 16.4. The second-order valence-corrected chi connectivity index (χ2v) is 4.37. The minimum absolute atomic E-state index is 0.446. The second-order valence-electron chi connectivity index (χ2n) is 4.37. The zero-order chi connectivity index (χ0) is 13.8. The average Bonchev–Trinajstić information content (AvgIpc) is 2.39. The number of hydrogen-bond acceptors (Lipinski definition) is 3. The quantitative estimate of drug-likeness (QED) is 0.807. The molecule has 0 bridgehead atoms. The topological polar surface area (TPSA) is 62.2 Å². The van der Waals surface area contributed by atoms with E-state index in [1.807, 2.05) is 31.2 Å². The number of aliphatic carboxylic acids is 1. The van der Waals surface area contributed by atoms with Crippen molar-refractivity contribution in [3.05, 3.63) is 54.2 Å². The molecule has 1 aromatic heterocycles. The first-order valence-corrected chi connectivity index (χ1v) is 6.06. The maximum Gasteiger partial charge on any atom is 0.325 e. The third-order valence-corrected chi connectivity index (χ3v) is 2.90. The summed E-state index contributed by atoms with van der Waals surface area (Å²) in [5.74, 6) is -0.902. The molecule has 1 heterocycles. The highest BCUT2D eigenvalue weighted by Gasteiger charge is 2.18. The molecule has 2 N–H and O–H groups in total. The number of carbonyl (C=O) groups is 1. The number of aryl methyl sites for hydroxylation is 1. The van der Waals surface area contributed by atoms with Crippen LogP contribution in [0.5, 0.6) is 0 Å². The van der Waals surface area contributed by atoms with E-state index in [4.69, 9.17) is 0 Å². The monoisotopic (exact) mass is 256 g/mol. The number of pyridine rings is 1. The average molecular weight is 256 g/mol. The van der Waals surface area contributed by atoms with Gasteiger partial charge >= 0.3 is 5.97 Å². The number of hydrogen-bond donors (Lipinski definition) is 2. The molecule has 19 heavy (non-hydrogen) atoms. The van der Waals surface area contributed by atoms with E-state index in [-0.39, 0.29) is 0 Å². The van der Waals surface area contributed by atoms with Gasteiger partial charge in [0.2, 0.25) is 0 Å².